The van der Waals surface area contributed by atoms with Crippen molar-refractivity contribution >= 4 is 11.8 Å². The third-order valence-corrected chi connectivity index (χ3v) is 4.63. The summed E-state index contributed by atoms with van der Waals surface area (Å²) in [6.45, 7) is 6.50. The van der Waals surface area contributed by atoms with Gasteiger partial charge in [0.1, 0.15) is 17.5 Å². The van der Waals surface area contributed by atoms with E-state index >= 15 is 0 Å². The molecule has 156 valence electrons. The number of methoxy groups -OCH3 is 1. The molecule has 0 saturated carbocycles. The van der Waals surface area contributed by atoms with Crippen molar-refractivity contribution in [3.8, 4) is 11.5 Å². The zero-order valence-corrected chi connectivity index (χ0v) is 17.6. The lowest BCUT2D eigenvalue weighted by Gasteiger charge is -2.30. The number of hydrogen-bond acceptors (Lipinski definition) is 4. The first-order chi connectivity index (χ1) is 14.0. The number of carbonyl (C=O) groups is 2. The summed E-state index contributed by atoms with van der Waals surface area (Å²) in [5.74, 6) is 0.895. The smallest absolute Gasteiger partial charge is 0.261 e. The van der Waals surface area contributed by atoms with Gasteiger partial charge in [0.25, 0.3) is 5.91 Å². The van der Waals surface area contributed by atoms with Crippen LogP contribution in [0.1, 0.15) is 31.4 Å². The molecule has 0 saturated heterocycles. The zero-order valence-electron chi connectivity index (χ0n) is 17.6. The number of ether oxygens (including phenoxy) is 2. The molecule has 2 rings (SSSR count). The van der Waals surface area contributed by atoms with Crippen molar-refractivity contribution in [2.24, 2.45) is 0 Å². The van der Waals surface area contributed by atoms with Gasteiger partial charge in [-0.15, -0.1) is 0 Å². The number of nitrogens with one attached hydrogen (secondary N) is 1. The Bertz CT molecular complexity index is 788. The average Bonchev–Trinajstić information content (AvgIpc) is 2.73. The molecule has 0 aliphatic rings. The first-order valence-electron chi connectivity index (χ1n) is 9.88. The van der Waals surface area contributed by atoms with E-state index in [2.05, 4.69) is 5.32 Å². The number of likely N-dealkylation sites (N-methyl/N-ethyl adjacent to an activating group) is 1. The van der Waals surface area contributed by atoms with Gasteiger partial charge in [-0.1, -0.05) is 36.8 Å². The van der Waals surface area contributed by atoms with E-state index in [0.29, 0.717) is 31.0 Å². The van der Waals surface area contributed by atoms with Gasteiger partial charge in [-0.3, -0.25) is 9.59 Å². The van der Waals surface area contributed by atoms with E-state index in [-0.39, 0.29) is 18.4 Å². The van der Waals surface area contributed by atoms with Crippen LogP contribution in [-0.4, -0.2) is 43.0 Å². The molecule has 6 heteroatoms. The van der Waals surface area contributed by atoms with Gasteiger partial charge < -0.3 is 19.7 Å². The van der Waals surface area contributed by atoms with Crippen molar-refractivity contribution in [2.75, 3.05) is 20.3 Å². The van der Waals surface area contributed by atoms with Gasteiger partial charge in [0.05, 0.1) is 7.11 Å². The Balaban J connectivity index is 2.15. The maximum Gasteiger partial charge on any atom is 0.261 e. The molecule has 0 radical (unpaired) electrons. The number of aryl methyl sites for hydroxylation is 1. The summed E-state index contributed by atoms with van der Waals surface area (Å²) < 4.78 is 10.8. The lowest BCUT2D eigenvalue weighted by Crippen LogP contribution is -2.50. The molecule has 2 aromatic rings. The summed E-state index contributed by atoms with van der Waals surface area (Å²) in [6, 6.07) is 14.4. The molecule has 0 heterocycles. The minimum absolute atomic E-state index is 0.145. The zero-order chi connectivity index (χ0) is 21.2. The fourth-order valence-corrected chi connectivity index (χ4v) is 3.00. The fraction of sp³-hybridized carbons (Fsp3) is 0.391. The van der Waals surface area contributed by atoms with E-state index in [1.165, 1.54) is 0 Å². The van der Waals surface area contributed by atoms with E-state index in [1.807, 2.05) is 45.0 Å². The monoisotopic (exact) mass is 398 g/mol. The summed E-state index contributed by atoms with van der Waals surface area (Å²) in [7, 11) is 1.59. The number of nitrogens with zero attached hydrogens (tertiary/aromatic N) is 1. The third kappa shape index (κ3) is 6.52. The summed E-state index contributed by atoms with van der Waals surface area (Å²) >= 11 is 0. The Hall–Kier alpha value is -3.02. The van der Waals surface area contributed by atoms with Gasteiger partial charge in [0, 0.05) is 13.1 Å². The van der Waals surface area contributed by atoms with Crippen LogP contribution in [-0.2, 0) is 16.1 Å². The summed E-state index contributed by atoms with van der Waals surface area (Å²) in [5, 5.41) is 2.83. The van der Waals surface area contributed by atoms with Crippen molar-refractivity contribution in [1.29, 1.82) is 0 Å². The van der Waals surface area contributed by atoms with Crippen LogP contribution in [0, 0.1) is 6.92 Å². The maximum absolute atomic E-state index is 13.0. The molecular formula is C23H30N2O4. The Morgan fingerprint density at radius 1 is 1.00 bits per heavy atom. The van der Waals surface area contributed by atoms with Crippen molar-refractivity contribution in [3.05, 3.63) is 59.7 Å². The molecule has 0 fully saturated rings. The Morgan fingerprint density at radius 2 is 1.62 bits per heavy atom. The highest BCUT2D eigenvalue weighted by atomic mass is 16.5. The number of benzene rings is 2. The highest BCUT2D eigenvalue weighted by Crippen LogP contribution is 2.18. The van der Waals surface area contributed by atoms with Crippen molar-refractivity contribution < 1.29 is 19.1 Å². The van der Waals surface area contributed by atoms with E-state index in [9.17, 15) is 9.59 Å². The molecule has 2 aromatic carbocycles. The van der Waals surface area contributed by atoms with Crippen LogP contribution in [0.2, 0.25) is 0 Å². The third-order valence-electron chi connectivity index (χ3n) is 4.63. The molecule has 0 spiro atoms. The number of carbonyl (C=O) groups excluding carboxylic acids is 2. The van der Waals surface area contributed by atoms with Gasteiger partial charge in [-0.25, -0.2) is 0 Å². The Labute approximate surface area is 172 Å². The quantitative estimate of drug-likeness (QED) is 0.667. The van der Waals surface area contributed by atoms with Crippen LogP contribution in [0.15, 0.2) is 48.5 Å². The van der Waals surface area contributed by atoms with Crippen LogP contribution >= 0.6 is 0 Å². The standard InChI is InChI=1S/C23H30N2O4/c1-5-21(23(27)24-6-2)25(15-18-9-7-17(3)8-10-18)22(26)16-29-20-13-11-19(28-4)12-14-20/h7-14,21H,5-6,15-16H2,1-4H3,(H,24,27). The average molecular weight is 399 g/mol. The predicted octanol–water partition coefficient (Wildman–Crippen LogP) is 3.33. The van der Waals surface area contributed by atoms with Crippen LogP contribution in [0.5, 0.6) is 11.5 Å². The van der Waals surface area contributed by atoms with Crippen LogP contribution in [0.3, 0.4) is 0 Å². The molecule has 29 heavy (non-hydrogen) atoms. The minimum atomic E-state index is -0.553. The molecule has 1 atom stereocenters. The van der Waals surface area contributed by atoms with Gasteiger partial charge in [-0.05, 0) is 50.1 Å². The first kappa shape index (κ1) is 22.3. The molecule has 6 nitrogen and oxygen atoms in total. The van der Waals surface area contributed by atoms with Crippen molar-refractivity contribution in [2.45, 2.75) is 39.8 Å². The molecule has 2 amide bonds. The molecule has 0 aromatic heterocycles. The van der Waals surface area contributed by atoms with Crippen LogP contribution in [0.25, 0.3) is 0 Å². The normalized spacial score (nSPS) is 11.4. The lowest BCUT2D eigenvalue weighted by molar-refractivity contribution is -0.142. The summed E-state index contributed by atoms with van der Waals surface area (Å²) in [4.78, 5) is 27.2. The predicted molar refractivity (Wildman–Crippen MR) is 113 cm³/mol. The Kier molecular flexibility index (Phi) is 8.52. The molecule has 0 aliphatic heterocycles. The van der Waals surface area contributed by atoms with Crippen molar-refractivity contribution in [3.63, 3.8) is 0 Å². The van der Waals surface area contributed by atoms with Gasteiger partial charge in [0.15, 0.2) is 6.61 Å². The second kappa shape index (κ2) is 11.1. The topological polar surface area (TPSA) is 67.9 Å². The van der Waals surface area contributed by atoms with Gasteiger partial charge in [0.2, 0.25) is 5.91 Å². The molecule has 0 aliphatic carbocycles. The highest BCUT2D eigenvalue weighted by Gasteiger charge is 2.28. The molecule has 0 bridgehead atoms. The second-order valence-electron chi connectivity index (χ2n) is 6.79. The minimum Gasteiger partial charge on any atom is -0.497 e. The van der Waals surface area contributed by atoms with Crippen LogP contribution in [0.4, 0.5) is 0 Å². The van der Waals surface area contributed by atoms with Gasteiger partial charge in [-0.2, -0.15) is 0 Å². The summed E-state index contributed by atoms with van der Waals surface area (Å²) in [5.41, 5.74) is 2.11. The SMILES string of the molecule is CCNC(=O)C(CC)N(Cc1ccc(C)cc1)C(=O)COc1ccc(OC)cc1. The number of rotatable bonds is 10. The second-order valence-corrected chi connectivity index (χ2v) is 6.79. The Morgan fingerprint density at radius 3 is 2.17 bits per heavy atom. The maximum atomic E-state index is 13.0. The lowest BCUT2D eigenvalue weighted by atomic mass is 10.1. The van der Waals surface area contributed by atoms with Crippen LogP contribution < -0.4 is 14.8 Å². The van der Waals surface area contributed by atoms with E-state index < -0.39 is 6.04 Å². The number of amides is 2. The number of hydrogen-bond donors (Lipinski definition) is 1. The highest BCUT2D eigenvalue weighted by molar-refractivity contribution is 5.88. The van der Waals surface area contributed by atoms with E-state index in [1.54, 1.807) is 36.3 Å². The van der Waals surface area contributed by atoms with E-state index in [0.717, 1.165) is 11.1 Å². The van der Waals surface area contributed by atoms with Gasteiger partial charge >= 0.3 is 0 Å². The first-order valence-corrected chi connectivity index (χ1v) is 9.88. The summed E-state index contributed by atoms with van der Waals surface area (Å²) in [6.07, 6.45) is 0.520. The molecule has 1 unspecified atom stereocenters. The molecular weight excluding hydrogens is 368 g/mol. The van der Waals surface area contributed by atoms with E-state index in [4.69, 9.17) is 9.47 Å². The fourth-order valence-electron chi connectivity index (χ4n) is 3.00. The largest absolute Gasteiger partial charge is 0.497 e. The van der Waals surface area contributed by atoms with Crippen molar-refractivity contribution in [1.82, 2.24) is 10.2 Å². The molecule has 1 N–H and O–H groups in total.